The molecule has 2 fully saturated rings. The molecule has 2 aliphatic heterocycles. The minimum atomic E-state index is -3.62. The third kappa shape index (κ3) is 5.53. The van der Waals surface area contributed by atoms with Gasteiger partial charge in [0.25, 0.3) is 0 Å². The average Bonchev–Trinajstić information content (AvgIpc) is 3.32. The van der Waals surface area contributed by atoms with Crippen molar-refractivity contribution in [2.75, 3.05) is 55.6 Å². The number of nitrogens with zero attached hydrogens (tertiary/aromatic N) is 5. The van der Waals surface area contributed by atoms with Crippen molar-refractivity contribution in [3.63, 3.8) is 0 Å². The van der Waals surface area contributed by atoms with Crippen molar-refractivity contribution in [1.82, 2.24) is 19.6 Å². The zero-order chi connectivity index (χ0) is 24.4. The smallest absolute Gasteiger partial charge is 0.240 e. The van der Waals surface area contributed by atoms with E-state index in [0.717, 1.165) is 56.8 Å². The fourth-order valence-electron chi connectivity index (χ4n) is 5.17. The van der Waals surface area contributed by atoms with E-state index >= 15 is 0 Å². The van der Waals surface area contributed by atoms with Crippen molar-refractivity contribution >= 4 is 33.2 Å². The van der Waals surface area contributed by atoms with Gasteiger partial charge in [0.2, 0.25) is 16.0 Å². The number of hydrogen-bond acceptors (Lipinski definition) is 9. The van der Waals surface area contributed by atoms with Crippen LogP contribution in [-0.4, -0.2) is 75.7 Å². The van der Waals surface area contributed by atoms with Gasteiger partial charge in [0.15, 0.2) is 5.82 Å². The standard InChI is InChI=1S/C24H35N7O3S/c1-29-12-10-18(11-13-29)28-35(32,33)21-9-5-6-19(16-21)26-24-25-17-22-23(27-24)31(14-15-34-30(22)2)20-7-3-4-8-20/h5-6,9,16-18,20,28H,3-4,7-8,10-15H2,1-2H3,(H,25,26,27). The van der Waals surface area contributed by atoms with E-state index in [-0.39, 0.29) is 10.9 Å². The summed E-state index contributed by atoms with van der Waals surface area (Å²) >= 11 is 0. The van der Waals surface area contributed by atoms with Crippen LogP contribution < -0.4 is 20.0 Å². The van der Waals surface area contributed by atoms with Crippen molar-refractivity contribution in [3.8, 4) is 0 Å². The first-order chi connectivity index (χ1) is 16.9. The number of fused-ring (bicyclic) bond motifs is 1. The van der Waals surface area contributed by atoms with E-state index in [1.54, 1.807) is 29.5 Å². The van der Waals surface area contributed by atoms with Crippen LogP contribution in [0.1, 0.15) is 38.5 Å². The first-order valence-electron chi connectivity index (χ1n) is 12.5. The molecule has 0 spiro atoms. The summed E-state index contributed by atoms with van der Waals surface area (Å²) in [5, 5.41) is 4.95. The Labute approximate surface area is 207 Å². The van der Waals surface area contributed by atoms with Gasteiger partial charge in [-0.2, -0.15) is 4.98 Å². The van der Waals surface area contributed by atoms with Gasteiger partial charge in [-0.1, -0.05) is 18.9 Å². The Hall–Kier alpha value is -2.47. The number of anilines is 4. The van der Waals surface area contributed by atoms with E-state index in [4.69, 9.17) is 9.82 Å². The summed E-state index contributed by atoms with van der Waals surface area (Å²) in [6.45, 7) is 3.15. The minimum absolute atomic E-state index is 0.0403. The van der Waals surface area contributed by atoms with Gasteiger partial charge >= 0.3 is 0 Å². The molecule has 5 rings (SSSR count). The first kappa shape index (κ1) is 24.2. The molecule has 190 valence electrons. The van der Waals surface area contributed by atoms with E-state index < -0.39 is 10.0 Å². The molecule has 0 radical (unpaired) electrons. The summed E-state index contributed by atoms with van der Waals surface area (Å²) in [5.74, 6) is 1.28. The predicted octanol–water partition coefficient (Wildman–Crippen LogP) is 2.72. The highest BCUT2D eigenvalue weighted by molar-refractivity contribution is 7.89. The second-order valence-electron chi connectivity index (χ2n) is 9.72. The molecule has 1 saturated carbocycles. The lowest BCUT2D eigenvalue weighted by molar-refractivity contribution is 0.131. The number of benzene rings is 1. The number of hydroxylamine groups is 1. The molecule has 1 aromatic heterocycles. The second kappa shape index (κ2) is 10.3. The van der Waals surface area contributed by atoms with Gasteiger partial charge in [-0.25, -0.2) is 18.1 Å². The van der Waals surface area contributed by atoms with Crippen molar-refractivity contribution in [2.24, 2.45) is 0 Å². The lowest BCUT2D eigenvalue weighted by Gasteiger charge is -2.29. The van der Waals surface area contributed by atoms with Gasteiger partial charge < -0.3 is 15.1 Å². The van der Waals surface area contributed by atoms with Crippen LogP contribution in [0.5, 0.6) is 0 Å². The minimum Gasteiger partial charge on any atom is -0.349 e. The fraction of sp³-hybridized carbons (Fsp3) is 0.583. The molecule has 0 bridgehead atoms. The summed E-state index contributed by atoms with van der Waals surface area (Å²) < 4.78 is 28.9. The number of aromatic nitrogens is 2. The van der Waals surface area contributed by atoms with Crippen molar-refractivity contribution in [2.45, 2.75) is 55.5 Å². The molecule has 3 aliphatic rings. The first-order valence-corrected chi connectivity index (χ1v) is 14.0. The van der Waals surface area contributed by atoms with Gasteiger partial charge in [-0.15, -0.1) is 0 Å². The van der Waals surface area contributed by atoms with Crippen LogP contribution in [0.4, 0.5) is 23.1 Å². The van der Waals surface area contributed by atoms with Crippen LogP contribution in [0.2, 0.25) is 0 Å². The van der Waals surface area contributed by atoms with Gasteiger partial charge in [0.05, 0.1) is 17.7 Å². The number of sulfonamides is 1. The van der Waals surface area contributed by atoms with E-state index in [2.05, 4.69) is 31.9 Å². The molecule has 0 amide bonds. The lowest BCUT2D eigenvalue weighted by atomic mass is 10.1. The third-order valence-corrected chi connectivity index (χ3v) is 8.70. The number of likely N-dealkylation sites (tertiary alicyclic amines) is 1. The molecule has 11 heteroatoms. The van der Waals surface area contributed by atoms with Gasteiger partial charge in [-0.3, -0.25) is 9.90 Å². The molecule has 10 nitrogen and oxygen atoms in total. The fourth-order valence-corrected chi connectivity index (χ4v) is 6.52. The summed E-state index contributed by atoms with van der Waals surface area (Å²) in [5.41, 5.74) is 1.46. The number of piperidine rings is 1. The van der Waals surface area contributed by atoms with Crippen LogP contribution >= 0.6 is 0 Å². The van der Waals surface area contributed by atoms with Crippen LogP contribution in [-0.2, 0) is 14.9 Å². The van der Waals surface area contributed by atoms with Crippen molar-refractivity contribution in [1.29, 1.82) is 0 Å². The molecule has 0 atom stereocenters. The monoisotopic (exact) mass is 501 g/mol. The Morgan fingerprint density at radius 2 is 1.83 bits per heavy atom. The molecule has 3 heterocycles. The highest BCUT2D eigenvalue weighted by Crippen LogP contribution is 2.35. The highest BCUT2D eigenvalue weighted by Gasteiger charge is 2.30. The zero-order valence-electron chi connectivity index (χ0n) is 20.5. The van der Waals surface area contributed by atoms with Gasteiger partial charge in [-0.05, 0) is 64.0 Å². The van der Waals surface area contributed by atoms with Gasteiger partial charge in [0.1, 0.15) is 5.69 Å². The maximum absolute atomic E-state index is 13.0. The third-order valence-electron chi connectivity index (χ3n) is 7.18. The Bertz CT molecular complexity index is 1130. The second-order valence-corrected chi connectivity index (χ2v) is 11.4. The highest BCUT2D eigenvalue weighted by atomic mass is 32.2. The van der Waals surface area contributed by atoms with Crippen molar-refractivity contribution in [3.05, 3.63) is 30.5 Å². The molecular weight excluding hydrogens is 466 g/mol. The summed E-state index contributed by atoms with van der Waals surface area (Å²) in [6.07, 6.45) is 8.16. The zero-order valence-corrected chi connectivity index (χ0v) is 21.3. The van der Waals surface area contributed by atoms with Crippen LogP contribution in [0.25, 0.3) is 0 Å². The van der Waals surface area contributed by atoms with Crippen LogP contribution in [0.15, 0.2) is 35.4 Å². The van der Waals surface area contributed by atoms with Gasteiger partial charge in [0, 0.05) is 31.4 Å². The summed E-state index contributed by atoms with van der Waals surface area (Å²) in [6, 6.07) is 7.23. The predicted molar refractivity (Wildman–Crippen MR) is 137 cm³/mol. The molecule has 2 aromatic rings. The van der Waals surface area contributed by atoms with E-state index in [1.165, 1.54) is 12.8 Å². The maximum atomic E-state index is 13.0. The number of rotatable bonds is 6. The summed E-state index contributed by atoms with van der Waals surface area (Å²) in [4.78, 5) is 19.9. The molecule has 2 N–H and O–H groups in total. The van der Waals surface area contributed by atoms with Crippen LogP contribution in [0, 0.1) is 0 Å². The Morgan fingerprint density at radius 3 is 2.60 bits per heavy atom. The molecule has 0 unspecified atom stereocenters. The molecule has 1 aromatic carbocycles. The maximum Gasteiger partial charge on any atom is 0.240 e. The normalized spacial score (nSPS) is 20.6. The molecule has 1 aliphatic carbocycles. The Kier molecular flexibility index (Phi) is 7.10. The quantitative estimate of drug-likeness (QED) is 0.618. The van der Waals surface area contributed by atoms with Crippen LogP contribution in [0.3, 0.4) is 0 Å². The SMILES string of the molecule is CN1CCC(NS(=O)(=O)c2cccc(Nc3ncc4c(n3)N(C3CCCC3)CCON4C)c2)CC1. The van der Waals surface area contributed by atoms with E-state index in [1.807, 2.05) is 13.1 Å². The summed E-state index contributed by atoms with van der Waals surface area (Å²) in [7, 11) is 0.313. The topological polar surface area (TPSA) is 103 Å². The lowest BCUT2D eigenvalue weighted by Crippen LogP contribution is -2.43. The largest absolute Gasteiger partial charge is 0.349 e. The average molecular weight is 502 g/mol. The van der Waals surface area contributed by atoms with Crippen molar-refractivity contribution < 1.29 is 13.3 Å². The molecule has 35 heavy (non-hydrogen) atoms. The number of nitrogens with one attached hydrogen (secondary N) is 2. The van der Waals surface area contributed by atoms with E-state index in [9.17, 15) is 8.42 Å². The Morgan fingerprint density at radius 1 is 1.06 bits per heavy atom. The number of hydrogen-bond donors (Lipinski definition) is 2. The van der Waals surface area contributed by atoms with E-state index in [0.29, 0.717) is 24.3 Å². The Balaban J connectivity index is 1.35. The molecule has 1 saturated heterocycles. The molecular formula is C24H35N7O3S.